The Morgan fingerprint density at radius 3 is 2.62 bits per heavy atom. The summed E-state index contributed by atoms with van der Waals surface area (Å²) in [6.45, 7) is 1.89. The van der Waals surface area contributed by atoms with E-state index < -0.39 is 11.4 Å². The fourth-order valence-corrected chi connectivity index (χ4v) is 5.13. The van der Waals surface area contributed by atoms with Crippen molar-refractivity contribution >= 4 is 11.9 Å². The highest BCUT2D eigenvalue weighted by Crippen LogP contribution is 2.59. The monoisotopic (exact) mass is 440 g/mol. The third-order valence-electron chi connectivity index (χ3n) is 7.05. The molecule has 2 aliphatic rings. The molecule has 7 nitrogen and oxygen atoms in total. The smallest absolute Gasteiger partial charge is 0.358 e. The predicted octanol–water partition coefficient (Wildman–Crippen LogP) is 4.94. The number of hydroxylamine groups is 1. The second-order valence-electron chi connectivity index (χ2n) is 9.34. The number of aromatic nitrogens is 1. The summed E-state index contributed by atoms with van der Waals surface area (Å²) in [5.74, 6) is 0.330. The first-order valence-corrected chi connectivity index (χ1v) is 11.6. The zero-order valence-electron chi connectivity index (χ0n) is 18.6. The quantitative estimate of drug-likeness (QED) is 0.508. The van der Waals surface area contributed by atoms with Gasteiger partial charge >= 0.3 is 5.97 Å². The fourth-order valence-electron chi connectivity index (χ4n) is 5.13. The number of hydrogen-bond donors (Lipinski definition) is 2. The average Bonchev–Trinajstić information content (AvgIpc) is 3.33. The molecule has 7 heteroatoms. The van der Waals surface area contributed by atoms with Crippen molar-refractivity contribution in [1.82, 2.24) is 10.5 Å². The Labute approximate surface area is 188 Å². The van der Waals surface area contributed by atoms with Crippen molar-refractivity contribution in [1.29, 1.82) is 0 Å². The molecule has 2 N–H and O–H groups in total. The summed E-state index contributed by atoms with van der Waals surface area (Å²) in [4.78, 5) is 33.9. The van der Waals surface area contributed by atoms with Crippen LogP contribution < -0.4 is 5.48 Å². The molecule has 1 aromatic carbocycles. The zero-order chi connectivity index (χ0) is 22.6. The lowest BCUT2D eigenvalue weighted by Crippen LogP contribution is -2.29. The first-order valence-electron chi connectivity index (χ1n) is 11.6. The predicted molar refractivity (Wildman–Crippen MR) is 118 cm³/mol. The molecule has 0 radical (unpaired) electrons. The molecule has 0 saturated heterocycles. The van der Waals surface area contributed by atoms with Crippen LogP contribution in [0.2, 0.25) is 0 Å². The van der Waals surface area contributed by atoms with Gasteiger partial charge in [-0.3, -0.25) is 9.63 Å². The maximum atomic E-state index is 12.7. The van der Waals surface area contributed by atoms with Crippen molar-refractivity contribution in [2.75, 3.05) is 0 Å². The molecular weight excluding hydrogens is 408 g/mol. The molecule has 0 aliphatic heterocycles. The van der Waals surface area contributed by atoms with Gasteiger partial charge in [-0.15, -0.1) is 0 Å². The normalized spacial score (nSPS) is 23.1. The van der Waals surface area contributed by atoms with Gasteiger partial charge in [0.05, 0.1) is 12.0 Å². The van der Waals surface area contributed by atoms with Gasteiger partial charge in [0, 0.05) is 6.42 Å². The van der Waals surface area contributed by atoms with E-state index in [0.717, 1.165) is 30.7 Å². The number of hydrogen-bond acceptors (Lipinski definition) is 5. The van der Waals surface area contributed by atoms with Gasteiger partial charge in [0.25, 0.3) is 0 Å². The molecule has 32 heavy (non-hydrogen) atoms. The topological polar surface area (TPSA) is 102 Å². The van der Waals surface area contributed by atoms with Crippen LogP contribution in [-0.2, 0) is 21.7 Å². The van der Waals surface area contributed by atoms with Crippen LogP contribution in [0.25, 0.3) is 0 Å². The highest BCUT2D eigenvalue weighted by molar-refractivity contribution is 5.86. The van der Waals surface area contributed by atoms with E-state index >= 15 is 0 Å². The van der Waals surface area contributed by atoms with Crippen LogP contribution in [0.3, 0.4) is 0 Å². The fraction of sp³-hybridized carbons (Fsp3) is 0.560. The summed E-state index contributed by atoms with van der Waals surface area (Å²) >= 11 is 0. The molecular formula is C25H32N2O5. The number of aryl methyl sites for hydroxylation is 1. The van der Waals surface area contributed by atoms with Crippen LogP contribution in [0.1, 0.15) is 85.5 Å². The molecule has 2 fully saturated rings. The molecule has 2 saturated carbocycles. The van der Waals surface area contributed by atoms with Gasteiger partial charge in [0.15, 0.2) is 5.69 Å². The second-order valence-corrected chi connectivity index (χ2v) is 9.34. The zero-order valence-corrected chi connectivity index (χ0v) is 18.6. The van der Waals surface area contributed by atoms with Gasteiger partial charge in [-0.2, -0.15) is 0 Å². The third kappa shape index (κ3) is 5.21. The van der Waals surface area contributed by atoms with Crippen LogP contribution in [-0.4, -0.2) is 22.0 Å². The molecule has 4 rings (SSSR count). The number of nitrogens with zero attached hydrogens (tertiary/aromatic N) is 1. The molecule has 2 unspecified atom stereocenters. The maximum absolute atomic E-state index is 12.7. The Kier molecular flexibility index (Phi) is 6.94. The van der Waals surface area contributed by atoms with Gasteiger partial charge < -0.3 is 9.52 Å². The third-order valence-corrected chi connectivity index (χ3v) is 7.05. The minimum atomic E-state index is -1.11. The van der Waals surface area contributed by atoms with Crippen LogP contribution >= 0.6 is 0 Å². The summed E-state index contributed by atoms with van der Waals surface area (Å²) < 4.78 is 5.79. The number of benzene rings is 1. The number of nitrogens with one attached hydrogen (secondary N) is 1. The summed E-state index contributed by atoms with van der Waals surface area (Å²) in [6, 6.07) is 9.62. The van der Waals surface area contributed by atoms with E-state index in [1.54, 1.807) is 6.92 Å². The summed E-state index contributed by atoms with van der Waals surface area (Å²) in [6.07, 6.45) is 9.63. The molecule has 2 aliphatic carbocycles. The van der Waals surface area contributed by atoms with Crippen molar-refractivity contribution in [3.05, 3.63) is 53.2 Å². The van der Waals surface area contributed by atoms with Crippen LogP contribution in [0.4, 0.5) is 0 Å². The Morgan fingerprint density at radius 2 is 1.94 bits per heavy atom. The lowest BCUT2D eigenvalue weighted by atomic mass is 9.84. The van der Waals surface area contributed by atoms with Gasteiger partial charge in [-0.05, 0) is 37.2 Å². The average molecular weight is 441 g/mol. The van der Waals surface area contributed by atoms with Crippen molar-refractivity contribution in [2.24, 2.45) is 11.8 Å². The Morgan fingerprint density at radius 1 is 1.19 bits per heavy atom. The number of oxazole rings is 1. The highest BCUT2D eigenvalue weighted by Gasteiger charge is 2.59. The first kappa shape index (κ1) is 22.5. The van der Waals surface area contributed by atoms with E-state index in [4.69, 9.17) is 9.25 Å². The van der Waals surface area contributed by atoms with Crippen LogP contribution in [0, 0.1) is 18.8 Å². The van der Waals surface area contributed by atoms with E-state index in [-0.39, 0.29) is 36.3 Å². The van der Waals surface area contributed by atoms with E-state index in [1.165, 1.54) is 32.1 Å². The largest absolute Gasteiger partial charge is 0.476 e. The van der Waals surface area contributed by atoms with Gasteiger partial charge in [0.2, 0.25) is 11.8 Å². The van der Waals surface area contributed by atoms with Gasteiger partial charge in [-0.1, -0.05) is 68.9 Å². The Balaban J connectivity index is 1.40. The summed E-state index contributed by atoms with van der Waals surface area (Å²) in [5, 5.41) is 9.39. The molecule has 172 valence electrons. The summed E-state index contributed by atoms with van der Waals surface area (Å²) in [7, 11) is 0. The van der Waals surface area contributed by atoms with Crippen LogP contribution in [0.15, 0.2) is 34.7 Å². The number of carbonyl (C=O) groups is 2. The number of aromatic carboxylic acids is 1. The highest BCUT2D eigenvalue weighted by atomic mass is 16.6. The minimum absolute atomic E-state index is 0.0713. The molecule has 1 aromatic heterocycles. The number of carbonyl (C=O) groups excluding carboxylic acids is 1. The number of rotatable bonds is 10. The number of carboxylic acid groups (broad SMARTS) is 1. The maximum Gasteiger partial charge on any atom is 0.358 e. The molecule has 0 spiro atoms. The first-order chi connectivity index (χ1) is 15.5. The lowest BCUT2D eigenvalue weighted by Gasteiger charge is -2.22. The van der Waals surface area contributed by atoms with E-state index in [2.05, 4.69) is 10.5 Å². The van der Waals surface area contributed by atoms with Crippen molar-refractivity contribution in [3.63, 3.8) is 0 Å². The Bertz CT molecular complexity index is 935. The Hall–Kier alpha value is -2.67. The second kappa shape index (κ2) is 9.86. The van der Waals surface area contributed by atoms with Gasteiger partial charge in [0.1, 0.15) is 5.76 Å². The molecule has 1 amide bonds. The van der Waals surface area contributed by atoms with Crippen molar-refractivity contribution in [2.45, 2.75) is 76.7 Å². The standard InChI is InChI=1S/C25H32N2O5/c1-17-22(23(29)30)26-24(32-17)25(14-20(25)13-12-18-8-4-2-5-9-18)15-21(28)27-31-16-19-10-6-3-7-11-19/h3,6-7,10-11,18,20H,2,4-5,8-9,12-16H2,1H3,(H,27,28)(H,29,30). The molecule has 0 bridgehead atoms. The minimum Gasteiger partial charge on any atom is -0.476 e. The van der Waals surface area contributed by atoms with E-state index in [0.29, 0.717) is 5.89 Å². The SMILES string of the molecule is Cc1oc(C2(CC(=O)NOCc3ccccc3)CC2CCC2CCCCC2)nc1C(=O)O. The van der Waals surface area contributed by atoms with Gasteiger partial charge in [-0.25, -0.2) is 15.3 Å². The number of amides is 1. The molecule has 2 aromatic rings. The van der Waals surface area contributed by atoms with Crippen molar-refractivity contribution in [3.8, 4) is 0 Å². The van der Waals surface area contributed by atoms with E-state index in [1.807, 2.05) is 30.3 Å². The molecule has 1 heterocycles. The van der Waals surface area contributed by atoms with E-state index in [9.17, 15) is 14.7 Å². The number of carboxylic acids is 1. The lowest BCUT2D eigenvalue weighted by molar-refractivity contribution is -0.135. The van der Waals surface area contributed by atoms with Crippen LogP contribution in [0.5, 0.6) is 0 Å². The molecule has 2 atom stereocenters. The van der Waals surface area contributed by atoms with Crippen molar-refractivity contribution < 1.29 is 24.0 Å². The summed E-state index contributed by atoms with van der Waals surface area (Å²) in [5.41, 5.74) is 2.89.